The highest BCUT2D eigenvalue weighted by atomic mass is 16.6. The predicted molar refractivity (Wildman–Crippen MR) is 104 cm³/mol. The third-order valence-electron chi connectivity index (χ3n) is 4.04. The van der Waals surface area contributed by atoms with Crippen LogP contribution in [0, 0.1) is 30.3 Å². The van der Waals surface area contributed by atoms with Crippen molar-refractivity contribution in [3.05, 3.63) is 84.6 Å². The summed E-state index contributed by atoms with van der Waals surface area (Å²) in [6.07, 6.45) is 2.93. The van der Waals surface area contributed by atoms with Crippen LogP contribution in [0.3, 0.4) is 0 Å². The third-order valence-corrected chi connectivity index (χ3v) is 4.04. The second-order valence-corrected chi connectivity index (χ2v) is 5.79. The summed E-state index contributed by atoms with van der Waals surface area (Å²) in [5, 5.41) is 39.6. The van der Waals surface area contributed by atoms with Gasteiger partial charge in [-0.05, 0) is 12.1 Å². The molecule has 1 heterocycles. The Hall–Kier alpha value is -4.48. The van der Waals surface area contributed by atoms with E-state index in [0.717, 1.165) is 10.4 Å². The first-order valence-electron chi connectivity index (χ1n) is 8.02. The van der Waals surface area contributed by atoms with E-state index >= 15 is 0 Å². The van der Waals surface area contributed by atoms with Crippen molar-refractivity contribution in [1.29, 1.82) is 0 Å². The van der Waals surface area contributed by atoms with Gasteiger partial charge < -0.3 is 0 Å². The Labute approximate surface area is 162 Å². The molecule has 0 atom stereocenters. The molecule has 0 spiro atoms. The minimum Gasteiger partial charge on any atom is -0.258 e. The van der Waals surface area contributed by atoms with Crippen LogP contribution in [0.1, 0.15) is 5.56 Å². The number of nitrogens with zero attached hydrogens (tertiary/aromatic N) is 6. The molecule has 0 saturated carbocycles. The molecule has 12 heteroatoms. The van der Waals surface area contributed by atoms with Crippen LogP contribution >= 0.6 is 0 Å². The number of aromatic nitrogens is 1. The largest absolute Gasteiger partial charge is 0.308 e. The maximum absolute atomic E-state index is 11.4. The Kier molecular flexibility index (Phi) is 5.08. The van der Waals surface area contributed by atoms with E-state index in [0.29, 0.717) is 23.2 Å². The van der Waals surface area contributed by atoms with E-state index in [1.165, 1.54) is 13.3 Å². The van der Waals surface area contributed by atoms with Gasteiger partial charge in [0.05, 0.1) is 38.6 Å². The zero-order valence-corrected chi connectivity index (χ0v) is 14.8. The summed E-state index contributed by atoms with van der Waals surface area (Å²) in [5.74, 6) is 0. The Morgan fingerprint density at radius 3 is 2.17 bits per heavy atom. The summed E-state index contributed by atoms with van der Waals surface area (Å²) in [5.41, 5.74) is -1.50. The van der Waals surface area contributed by atoms with E-state index < -0.39 is 37.5 Å². The zero-order valence-electron chi connectivity index (χ0n) is 14.8. The fourth-order valence-corrected chi connectivity index (χ4v) is 2.74. The summed E-state index contributed by atoms with van der Waals surface area (Å²) in [6, 6.07) is 10.2. The Morgan fingerprint density at radius 1 is 0.966 bits per heavy atom. The van der Waals surface area contributed by atoms with Crippen LogP contribution in [0.15, 0.2) is 53.8 Å². The van der Waals surface area contributed by atoms with Gasteiger partial charge in [-0.25, -0.2) is 0 Å². The number of hydrogen-bond donors (Lipinski definition) is 0. The van der Waals surface area contributed by atoms with Crippen LogP contribution in [-0.4, -0.2) is 33.0 Å². The normalized spacial score (nSPS) is 10.9. The lowest BCUT2D eigenvalue weighted by Gasteiger charge is -2.13. The molecular formula is C17H12N6O6. The molecule has 0 fully saturated rings. The van der Waals surface area contributed by atoms with Gasteiger partial charge in [0, 0.05) is 24.2 Å². The van der Waals surface area contributed by atoms with Crippen molar-refractivity contribution >= 4 is 39.9 Å². The standard InChI is InChI=1S/C17H12N6O6/c1-20(19-10-11-6-7-18-14-5-3-2-4-13(11)14)17-15(22(26)27)8-12(21(24)25)9-16(17)23(28)29/h2-10H,1H3/b19-10+. The number of pyridine rings is 1. The topological polar surface area (TPSA) is 158 Å². The average Bonchev–Trinajstić information content (AvgIpc) is 2.70. The number of nitro benzene ring substituents is 3. The van der Waals surface area contributed by atoms with Crippen molar-refractivity contribution in [2.75, 3.05) is 12.1 Å². The van der Waals surface area contributed by atoms with E-state index in [2.05, 4.69) is 10.1 Å². The van der Waals surface area contributed by atoms with Crippen LogP contribution < -0.4 is 5.01 Å². The fraction of sp³-hybridized carbons (Fsp3) is 0.0588. The van der Waals surface area contributed by atoms with E-state index in [1.807, 2.05) is 6.07 Å². The quantitative estimate of drug-likeness (QED) is 0.348. The van der Waals surface area contributed by atoms with Crippen LogP contribution in [0.25, 0.3) is 10.9 Å². The molecule has 3 aromatic rings. The molecule has 146 valence electrons. The molecule has 3 rings (SSSR count). The molecule has 0 bridgehead atoms. The number of benzene rings is 2. The van der Waals surface area contributed by atoms with Crippen molar-refractivity contribution in [1.82, 2.24) is 4.98 Å². The van der Waals surface area contributed by atoms with Gasteiger partial charge in [0.15, 0.2) is 0 Å². The van der Waals surface area contributed by atoms with E-state index in [1.54, 1.807) is 30.5 Å². The molecule has 0 aliphatic carbocycles. The summed E-state index contributed by atoms with van der Waals surface area (Å²) in [4.78, 5) is 35.2. The molecule has 0 saturated heterocycles. The highest BCUT2D eigenvalue weighted by Gasteiger charge is 2.33. The van der Waals surface area contributed by atoms with E-state index in [4.69, 9.17) is 0 Å². The molecule has 2 aromatic carbocycles. The molecule has 0 radical (unpaired) electrons. The van der Waals surface area contributed by atoms with Crippen LogP contribution in [0.5, 0.6) is 0 Å². The Bertz CT molecular complexity index is 1140. The number of fused-ring (bicyclic) bond motifs is 1. The average molecular weight is 396 g/mol. The molecule has 0 amide bonds. The lowest BCUT2D eigenvalue weighted by Crippen LogP contribution is -2.14. The first-order chi connectivity index (χ1) is 13.8. The van der Waals surface area contributed by atoms with Crippen molar-refractivity contribution in [3.63, 3.8) is 0 Å². The molecule has 1 aromatic heterocycles. The smallest absolute Gasteiger partial charge is 0.258 e. The van der Waals surface area contributed by atoms with Gasteiger partial charge in [0.2, 0.25) is 5.69 Å². The second-order valence-electron chi connectivity index (χ2n) is 5.79. The molecular weight excluding hydrogens is 384 g/mol. The molecule has 0 unspecified atom stereocenters. The number of hydrogen-bond acceptors (Lipinski definition) is 9. The van der Waals surface area contributed by atoms with Gasteiger partial charge in [-0.15, -0.1) is 0 Å². The van der Waals surface area contributed by atoms with E-state index in [9.17, 15) is 30.3 Å². The highest BCUT2D eigenvalue weighted by molar-refractivity contribution is 5.98. The number of non-ortho nitro benzene ring substituents is 1. The monoisotopic (exact) mass is 396 g/mol. The van der Waals surface area contributed by atoms with Crippen LogP contribution in [0.4, 0.5) is 22.7 Å². The van der Waals surface area contributed by atoms with Crippen molar-refractivity contribution in [2.24, 2.45) is 5.10 Å². The summed E-state index contributed by atoms with van der Waals surface area (Å²) in [7, 11) is 1.28. The van der Waals surface area contributed by atoms with Gasteiger partial charge in [-0.1, -0.05) is 18.2 Å². The van der Waals surface area contributed by atoms with Gasteiger partial charge in [-0.2, -0.15) is 5.10 Å². The first-order valence-corrected chi connectivity index (χ1v) is 8.02. The van der Waals surface area contributed by atoms with Crippen LogP contribution in [0.2, 0.25) is 0 Å². The second kappa shape index (κ2) is 7.64. The van der Waals surface area contributed by atoms with Gasteiger partial charge in [-0.3, -0.25) is 40.3 Å². The van der Waals surface area contributed by atoms with Crippen molar-refractivity contribution in [3.8, 4) is 0 Å². The SMILES string of the molecule is CN(/N=C/c1ccnc2ccccc12)c1c([N+](=O)[O-])cc([N+](=O)[O-])cc1[N+](=O)[O-]. The minimum absolute atomic E-state index is 0.472. The summed E-state index contributed by atoms with van der Waals surface area (Å²) < 4.78 is 0. The summed E-state index contributed by atoms with van der Waals surface area (Å²) >= 11 is 0. The lowest BCUT2D eigenvalue weighted by atomic mass is 10.1. The molecule has 0 aliphatic rings. The maximum Gasteiger partial charge on any atom is 0.308 e. The lowest BCUT2D eigenvalue weighted by molar-refractivity contribution is -0.402. The number of anilines is 1. The Morgan fingerprint density at radius 2 is 1.59 bits per heavy atom. The zero-order chi connectivity index (χ0) is 21.1. The number of hydrazone groups is 1. The van der Waals surface area contributed by atoms with Crippen molar-refractivity contribution < 1.29 is 14.8 Å². The van der Waals surface area contributed by atoms with Crippen LogP contribution in [-0.2, 0) is 0 Å². The predicted octanol–water partition coefficient (Wildman–Crippen LogP) is 3.43. The molecule has 12 nitrogen and oxygen atoms in total. The van der Waals surface area contributed by atoms with Gasteiger partial charge >= 0.3 is 11.4 Å². The van der Waals surface area contributed by atoms with Gasteiger partial charge in [0.1, 0.15) is 0 Å². The minimum atomic E-state index is -0.934. The number of nitro groups is 3. The summed E-state index contributed by atoms with van der Waals surface area (Å²) in [6.45, 7) is 0. The Balaban J connectivity index is 2.11. The number of para-hydroxylation sites is 1. The molecule has 0 aliphatic heterocycles. The van der Waals surface area contributed by atoms with E-state index in [-0.39, 0.29) is 0 Å². The maximum atomic E-state index is 11.4. The molecule has 0 N–H and O–H groups in total. The highest BCUT2D eigenvalue weighted by Crippen LogP contribution is 2.40. The van der Waals surface area contributed by atoms with Gasteiger partial charge in [0.25, 0.3) is 5.69 Å². The first kappa shape index (κ1) is 19.3. The van der Waals surface area contributed by atoms with Crippen molar-refractivity contribution in [2.45, 2.75) is 0 Å². The number of rotatable bonds is 6. The molecule has 29 heavy (non-hydrogen) atoms. The third kappa shape index (κ3) is 3.80. The fourth-order valence-electron chi connectivity index (χ4n) is 2.74.